The Morgan fingerprint density at radius 3 is 2.43 bits per heavy atom. The average Bonchev–Trinajstić information content (AvgIpc) is 3.16. The molecule has 12 heteroatoms. The van der Waals surface area contributed by atoms with E-state index in [4.69, 9.17) is 18.9 Å². The van der Waals surface area contributed by atoms with Crippen molar-refractivity contribution in [3.8, 4) is 0 Å². The molecule has 3 unspecified atom stereocenters. The van der Waals surface area contributed by atoms with Gasteiger partial charge in [-0.05, 0) is 0 Å². The zero-order chi connectivity index (χ0) is 20.4. The van der Waals surface area contributed by atoms with Gasteiger partial charge in [0.05, 0.1) is 12.7 Å². The van der Waals surface area contributed by atoms with E-state index in [1.54, 1.807) is 0 Å². The van der Waals surface area contributed by atoms with Crippen LogP contribution in [0.5, 0.6) is 0 Å². The number of hydrogen-bond acceptors (Lipinski definition) is 10. The van der Waals surface area contributed by atoms with E-state index < -0.39 is 48.0 Å². The number of H-pyrrole nitrogens is 1. The molecule has 1 aliphatic heterocycles. The van der Waals surface area contributed by atoms with Crippen LogP contribution in [0.4, 0.5) is 0 Å². The highest BCUT2D eigenvalue weighted by Crippen LogP contribution is 2.35. The van der Waals surface area contributed by atoms with E-state index in [0.29, 0.717) is 0 Å². The lowest BCUT2D eigenvalue weighted by atomic mass is 10.1. The minimum atomic E-state index is -1.08. The molecule has 0 bridgehead atoms. The van der Waals surface area contributed by atoms with Crippen LogP contribution in [-0.2, 0) is 33.3 Å². The maximum atomic E-state index is 11.9. The molecule has 1 fully saturated rings. The lowest BCUT2D eigenvalue weighted by Gasteiger charge is -2.23. The number of nitrogens with one attached hydrogen (secondary N) is 1. The van der Waals surface area contributed by atoms with Gasteiger partial charge < -0.3 is 23.9 Å². The number of aromatic amines is 1. The Morgan fingerprint density at radius 1 is 1.11 bits per heavy atom. The van der Waals surface area contributed by atoms with Crippen molar-refractivity contribution in [3.05, 3.63) is 23.0 Å². The fourth-order valence-electron chi connectivity index (χ4n) is 2.97. The van der Waals surface area contributed by atoms with Gasteiger partial charge in [0.2, 0.25) is 0 Å². The van der Waals surface area contributed by atoms with Gasteiger partial charge in [-0.1, -0.05) is 0 Å². The highest BCUT2D eigenvalue weighted by Gasteiger charge is 2.51. The minimum absolute atomic E-state index is 0.0557. The quantitative estimate of drug-likeness (QED) is 0.516. The number of ether oxygens (including phenoxy) is 4. The van der Waals surface area contributed by atoms with Crippen molar-refractivity contribution in [1.82, 2.24) is 19.5 Å². The number of carbonyl (C=O) groups excluding carboxylic acids is 3. The van der Waals surface area contributed by atoms with Gasteiger partial charge in [-0.15, -0.1) is 0 Å². The summed E-state index contributed by atoms with van der Waals surface area (Å²) < 4.78 is 22.8. The van der Waals surface area contributed by atoms with Crippen LogP contribution in [0.3, 0.4) is 0 Å². The zero-order valence-corrected chi connectivity index (χ0v) is 15.3. The van der Waals surface area contributed by atoms with E-state index in [1.165, 1.54) is 38.0 Å². The van der Waals surface area contributed by atoms with E-state index in [1.807, 2.05) is 0 Å². The van der Waals surface area contributed by atoms with Crippen LogP contribution in [-0.4, -0.2) is 62.3 Å². The number of esters is 3. The third-order valence-electron chi connectivity index (χ3n) is 3.98. The van der Waals surface area contributed by atoms with Crippen LogP contribution in [0.1, 0.15) is 27.0 Å². The minimum Gasteiger partial charge on any atom is -0.463 e. The summed E-state index contributed by atoms with van der Waals surface area (Å²) in [6.07, 6.45) is -1.58. The summed E-state index contributed by atoms with van der Waals surface area (Å²) in [5.74, 6) is -1.83. The summed E-state index contributed by atoms with van der Waals surface area (Å²) in [6, 6.07) is 0. The SMILES string of the molecule is CC(=O)OCC1OC(n2cnc3c(=O)[nH]cnc32)[C@@H](OC(C)=O)C1OC(C)=O. The number of carbonyl (C=O) groups is 3. The van der Waals surface area contributed by atoms with Gasteiger partial charge in [-0.2, -0.15) is 0 Å². The van der Waals surface area contributed by atoms with Crippen LogP contribution >= 0.6 is 0 Å². The summed E-state index contributed by atoms with van der Waals surface area (Å²) in [7, 11) is 0. The van der Waals surface area contributed by atoms with Crippen LogP contribution in [0.25, 0.3) is 11.2 Å². The van der Waals surface area contributed by atoms with E-state index >= 15 is 0 Å². The fourth-order valence-corrected chi connectivity index (χ4v) is 2.97. The van der Waals surface area contributed by atoms with Gasteiger partial charge in [0.1, 0.15) is 12.7 Å². The second kappa shape index (κ2) is 7.76. The van der Waals surface area contributed by atoms with Crippen molar-refractivity contribution < 1.29 is 33.3 Å². The third-order valence-corrected chi connectivity index (χ3v) is 3.98. The molecule has 150 valence electrons. The second-order valence-electron chi connectivity index (χ2n) is 6.07. The normalized spacial score (nSPS) is 24.1. The molecule has 1 N–H and O–H groups in total. The second-order valence-corrected chi connectivity index (χ2v) is 6.07. The predicted molar refractivity (Wildman–Crippen MR) is 89.8 cm³/mol. The summed E-state index contributed by atoms with van der Waals surface area (Å²) in [5, 5.41) is 0. The van der Waals surface area contributed by atoms with Crippen molar-refractivity contribution in [2.24, 2.45) is 0 Å². The standard InChI is InChI=1S/C16H18N4O8/c1-7(21)25-4-10-12(26-8(2)22)13(27-9(3)23)16(28-10)20-6-19-11-14(20)17-5-18-15(11)24/h5-6,10,12-13,16H,4H2,1-3H3,(H,17,18,24)/t10?,12?,13-,16?/m0/s1. The summed E-state index contributed by atoms with van der Waals surface area (Å²) in [4.78, 5) is 56.8. The molecule has 28 heavy (non-hydrogen) atoms. The first-order valence-electron chi connectivity index (χ1n) is 8.31. The molecule has 0 aliphatic carbocycles. The van der Waals surface area contributed by atoms with Crippen LogP contribution in [0.2, 0.25) is 0 Å². The van der Waals surface area contributed by atoms with Crippen molar-refractivity contribution in [3.63, 3.8) is 0 Å². The molecule has 1 saturated heterocycles. The molecule has 0 amide bonds. The Hall–Kier alpha value is -3.28. The van der Waals surface area contributed by atoms with Gasteiger partial charge in [0, 0.05) is 20.8 Å². The molecule has 3 heterocycles. The van der Waals surface area contributed by atoms with E-state index in [0.717, 1.165) is 0 Å². The lowest BCUT2D eigenvalue weighted by molar-refractivity contribution is -0.166. The topological polar surface area (TPSA) is 152 Å². The maximum Gasteiger partial charge on any atom is 0.303 e. The molecule has 0 aromatic carbocycles. The Balaban J connectivity index is 2.02. The van der Waals surface area contributed by atoms with E-state index in [2.05, 4.69) is 15.0 Å². The smallest absolute Gasteiger partial charge is 0.303 e. The number of rotatable bonds is 5. The lowest BCUT2D eigenvalue weighted by Crippen LogP contribution is -2.40. The number of nitrogens with zero attached hydrogens (tertiary/aromatic N) is 3. The average molecular weight is 394 g/mol. The van der Waals surface area contributed by atoms with E-state index in [-0.39, 0.29) is 17.8 Å². The van der Waals surface area contributed by atoms with Gasteiger partial charge in [-0.25, -0.2) is 9.97 Å². The predicted octanol–water partition coefficient (Wildman–Crippen LogP) is -0.556. The molecule has 0 saturated carbocycles. The number of imidazole rings is 1. The Kier molecular flexibility index (Phi) is 5.40. The van der Waals surface area contributed by atoms with Crippen molar-refractivity contribution in [2.45, 2.75) is 45.3 Å². The molecule has 0 spiro atoms. The molecular weight excluding hydrogens is 376 g/mol. The fraction of sp³-hybridized carbons (Fsp3) is 0.500. The Bertz CT molecular complexity index is 967. The molecule has 2 aromatic heterocycles. The number of fused-ring (bicyclic) bond motifs is 1. The molecule has 1 aliphatic rings. The first kappa shape index (κ1) is 19.5. The molecule has 0 radical (unpaired) electrons. The molecule has 12 nitrogen and oxygen atoms in total. The summed E-state index contributed by atoms with van der Waals surface area (Å²) in [5.41, 5.74) is -0.223. The van der Waals surface area contributed by atoms with E-state index in [9.17, 15) is 19.2 Å². The monoisotopic (exact) mass is 394 g/mol. The van der Waals surface area contributed by atoms with Crippen LogP contribution in [0.15, 0.2) is 17.4 Å². The highest BCUT2D eigenvalue weighted by molar-refractivity contribution is 5.70. The van der Waals surface area contributed by atoms with Gasteiger partial charge in [0.15, 0.2) is 29.6 Å². The summed E-state index contributed by atoms with van der Waals surface area (Å²) >= 11 is 0. The van der Waals surface area contributed by atoms with Gasteiger partial charge >= 0.3 is 17.9 Å². The number of hydrogen-bond donors (Lipinski definition) is 1. The molecule has 3 rings (SSSR count). The first-order chi connectivity index (χ1) is 13.3. The Labute approximate surface area is 157 Å². The molecular formula is C16H18N4O8. The van der Waals surface area contributed by atoms with Crippen molar-refractivity contribution in [2.75, 3.05) is 6.61 Å². The van der Waals surface area contributed by atoms with Crippen LogP contribution < -0.4 is 5.56 Å². The van der Waals surface area contributed by atoms with Gasteiger partial charge in [0.25, 0.3) is 5.56 Å². The molecule has 4 atom stereocenters. The van der Waals surface area contributed by atoms with Crippen molar-refractivity contribution in [1.29, 1.82) is 0 Å². The third kappa shape index (κ3) is 3.86. The maximum absolute atomic E-state index is 11.9. The summed E-state index contributed by atoms with van der Waals surface area (Å²) in [6.45, 7) is 3.36. The highest BCUT2D eigenvalue weighted by atomic mass is 16.7. The zero-order valence-electron chi connectivity index (χ0n) is 15.3. The first-order valence-corrected chi connectivity index (χ1v) is 8.31. The van der Waals surface area contributed by atoms with Crippen LogP contribution in [0, 0.1) is 0 Å². The van der Waals surface area contributed by atoms with Gasteiger partial charge in [-0.3, -0.25) is 23.7 Å². The molecule has 2 aromatic rings. The van der Waals surface area contributed by atoms with Crippen molar-refractivity contribution >= 4 is 29.1 Å². The Morgan fingerprint density at radius 2 is 1.79 bits per heavy atom. The number of aromatic nitrogens is 4. The largest absolute Gasteiger partial charge is 0.463 e.